The first kappa shape index (κ1) is 17.6. The van der Waals surface area contributed by atoms with E-state index in [9.17, 15) is 13.2 Å². The van der Waals surface area contributed by atoms with E-state index in [2.05, 4.69) is 5.32 Å². The summed E-state index contributed by atoms with van der Waals surface area (Å²) in [4.78, 5) is 14.1. The summed E-state index contributed by atoms with van der Waals surface area (Å²) in [6.07, 6.45) is 5.31. The van der Waals surface area contributed by atoms with Crippen LogP contribution in [-0.2, 0) is 14.8 Å². The molecule has 0 heterocycles. The molecule has 1 aromatic rings. The summed E-state index contributed by atoms with van der Waals surface area (Å²) in [6.45, 7) is -0.184. The molecular weight excluding hydrogens is 314 g/mol. The standard InChI is InChI=1S/C16H25N3O3S/c1-18(2)14-8-10-15(11-9-14)19(23(3,21)22)12-16(20)17-13-6-4-5-7-13/h8-11,13H,4-7,12H2,1-3H3,(H,17,20). The molecule has 1 aliphatic rings. The number of benzene rings is 1. The number of carbonyl (C=O) groups excluding carboxylic acids is 1. The molecule has 0 spiro atoms. The molecule has 0 aliphatic heterocycles. The van der Waals surface area contributed by atoms with Crippen LogP contribution in [0.15, 0.2) is 24.3 Å². The second kappa shape index (κ2) is 7.21. The van der Waals surface area contributed by atoms with Crippen LogP contribution in [0.4, 0.5) is 11.4 Å². The zero-order valence-electron chi connectivity index (χ0n) is 13.9. The number of carbonyl (C=O) groups is 1. The Hall–Kier alpha value is -1.76. The third-order valence-corrected chi connectivity index (χ3v) is 5.20. The Morgan fingerprint density at radius 2 is 1.65 bits per heavy atom. The van der Waals surface area contributed by atoms with E-state index in [0.717, 1.165) is 41.9 Å². The highest BCUT2D eigenvalue weighted by molar-refractivity contribution is 7.92. The van der Waals surface area contributed by atoms with Gasteiger partial charge in [0.25, 0.3) is 0 Å². The first-order valence-electron chi connectivity index (χ1n) is 7.82. The molecule has 0 aromatic heterocycles. The topological polar surface area (TPSA) is 69.7 Å². The van der Waals surface area contributed by atoms with Gasteiger partial charge in [0.15, 0.2) is 0 Å². The Morgan fingerprint density at radius 3 is 2.13 bits per heavy atom. The first-order valence-corrected chi connectivity index (χ1v) is 9.66. The van der Waals surface area contributed by atoms with Crippen LogP contribution in [0.3, 0.4) is 0 Å². The normalized spacial score (nSPS) is 15.4. The summed E-state index contributed by atoms with van der Waals surface area (Å²) in [7, 11) is 0.309. The average Bonchev–Trinajstić information content (AvgIpc) is 2.96. The number of nitrogens with zero attached hydrogens (tertiary/aromatic N) is 2. The van der Waals surface area contributed by atoms with E-state index in [-0.39, 0.29) is 18.5 Å². The van der Waals surface area contributed by atoms with Crippen molar-refractivity contribution in [2.45, 2.75) is 31.7 Å². The van der Waals surface area contributed by atoms with Crippen molar-refractivity contribution >= 4 is 27.3 Å². The van der Waals surface area contributed by atoms with E-state index < -0.39 is 10.0 Å². The molecule has 7 heteroatoms. The number of hydrogen-bond donors (Lipinski definition) is 1. The molecule has 0 unspecified atom stereocenters. The molecule has 1 saturated carbocycles. The summed E-state index contributed by atoms with van der Waals surface area (Å²) in [5, 5.41) is 2.93. The van der Waals surface area contributed by atoms with Gasteiger partial charge in [-0.05, 0) is 37.1 Å². The van der Waals surface area contributed by atoms with Crippen LogP contribution < -0.4 is 14.5 Å². The van der Waals surface area contributed by atoms with Gasteiger partial charge in [0.2, 0.25) is 15.9 Å². The minimum Gasteiger partial charge on any atom is -0.378 e. The zero-order valence-corrected chi connectivity index (χ0v) is 14.8. The van der Waals surface area contributed by atoms with Crippen molar-refractivity contribution in [3.05, 3.63) is 24.3 Å². The predicted octanol–water partition coefficient (Wildman–Crippen LogP) is 1.58. The molecule has 1 amide bonds. The second-order valence-corrected chi connectivity index (χ2v) is 8.14. The molecule has 1 aromatic carbocycles. The largest absolute Gasteiger partial charge is 0.378 e. The minimum absolute atomic E-state index is 0.181. The Morgan fingerprint density at radius 1 is 1.13 bits per heavy atom. The Balaban J connectivity index is 2.12. The van der Waals surface area contributed by atoms with Gasteiger partial charge in [0, 0.05) is 25.8 Å². The molecule has 0 atom stereocenters. The highest BCUT2D eigenvalue weighted by Crippen LogP contribution is 2.22. The molecule has 1 aliphatic carbocycles. The molecule has 0 saturated heterocycles. The predicted molar refractivity (Wildman–Crippen MR) is 93.4 cm³/mol. The smallest absolute Gasteiger partial charge is 0.240 e. The van der Waals surface area contributed by atoms with E-state index in [1.807, 2.05) is 31.1 Å². The van der Waals surface area contributed by atoms with Crippen molar-refractivity contribution in [1.29, 1.82) is 0 Å². The molecule has 1 N–H and O–H groups in total. The Labute approximate surface area is 138 Å². The van der Waals surface area contributed by atoms with Crippen molar-refractivity contribution in [1.82, 2.24) is 5.32 Å². The lowest BCUT2D eigenvalue weighted by Gasteiger charge is -2.23. The van der Waals surface area contributed by atoms with Crippen LogP contribution >= 0.6 is 0 Å². The zero-order chi connectivity index (χ0) is 17.0. The molecule has 0 bridgehead atoms. The summed E-state index contributed by atoms with van der Waals surface area (Å²) in [5.41, 5.74) is 1.47. The average molecular weight is 339 g/mol. The number of rotatable bonds is 6. The molecule has 0 radical (unpaired) electrons. The van der Waals surface area contributed by atoms with Crippen molar-refractivity contribution in [3.63, 3.8) is 0 Å². The Kier molecular flexibility index (Phi) is 5.51. The van der Waals surface area contributed by atoms with Crippen molar-refractivity contribution < 1.29 is 13.2 Å². The molecule has 2 rings (SSSR count). The first-order chi connectivity index (χ1) is 10.8. The van der Waals surface area contributed by atoms with E-state index in [1.165, 1.54) is 0 Å². The highest BCUT2D eigenvalue weighted by Gasteiger charge is 2.23. The fourth-order valence-corrected chi connectivity index (χ4v) is 3.65. The van der Waals surface area contributed by atoms with Gasteiger partial charge in [-0.15, -0.1) is 0 Å². The minimum atomic E-state index is -3.52. The van der Waals surface area contributed by atoms with Crippen LogP contribution in [0.1, 0.15) is 25.7 Å². The number of nitrogens with one attached hydrogen (secondary N) is 1. The number of anilines is 2. The van der Waals surface area contributed by atoms with Crippen molar-refractivity contribution in [2.75, 3.05) is 36.1 Å². The monoisotopic (exact) mass is 339 g/mol. The third-order valence-electron chi connectivity index (χ3n) is 4.06. The summed E-state index contributed by atoms with van der Waals surface area (Å²) in [5.74, 6) is -0.251. The fraction of sp³-hybridized carbons (Fsp3) is 0.562. The maximum absolute atomic E-state index is 12.2. The van der Waals surface area contributed by atoms with Crippen LogP contribution in [-0.4, -0.2) is 47.3 Å². The Bertz CT molecular complexity index is 635. The van der Waals surface area contributed by atoms with Gasteiger partial charge in [-0.3, -0.25) is 9.10 Å². The summed E-state index contributed by atoms with van der Waals surface area (Å²) < 4.78 is 25.3. The van der Waals surface area contributed by atoms with Crippen LogP contribution in [0.5, 0.6) is 0 Å². The lowest BCUT2D eigenvalue weighted by molar-refractivity contribution is -0.120. The quantitative estimate of drug-likeness (QED) is 0.854. The molecule has 128 valence electrons. The lowest BCUT2D eigenvalue weighted by Crippen LogP contribution is -2.43. The SMILES string of the molecule is CN(C)c1ccc(N(CC(=O)NC2CCCC2)S(C)(=O)=O)cc1. The van der Waals surface area contributed by atoms with Crippen LogP contribution in [0.25, 0.3) is 0 Å². The highest BCUT2D eigenvalue weighted by atomic mass is 32.2. The van der Waals surface area contributed by atoms with Gasteiger partial charge in [-0.1, -0.05) is 12.8 Å². The van der Waals surface area contributed by atoms with E-state index in [4.69, 9.17) is 0 Å². The second-order valence-electron chi connectivity index (χ2n) is 6.23. The van der Waals surface area contributed by atoms with E-state index >= 15 is 0 Å². The van der Waals surface area contributed by atoms with Gasteiger partial charge in [0.05, 0.1) is 11.9 Å². The number of amides is 1. The molecule has 23 heavy (non-hydrogen) atoms. The third kappa shape index (κ3) is 4.86. The maximum Gasteiger partial charge on any atom is 0.240 e. The van der Waals surface area contributed by atoms with Crippen LogP contribution in [0.2, 0.25) is 0 Å². The summed E-state index contributed by atoms with van der Waals surface area (Å²) in [6, 6.07) is 7.29. The maximum atomic E-state index is 12.2. The van der Waals surface area contributed by atoms with Crippen molar-refractivity contribution in [3.8, 4) is 0 Å². The van der Waals surface area contributed by atoms with Gasteiger partial charge in [-0.25, -0.2) is 8.42 Å². The molecule has 1 fully saturated rings. The molecule has 6 nitrogen and oxygen atoms in total. The fourth-order valence-electron chi connectivity index (χ4n) is 2.79. The number of sulfonamides is 1. The van der Waals surface area contributed by atoms with Gasteiger partial charge < -0.3 is 10.2 Å². The van der Waals surface area contributed by atoms with Gasteiger partial charge in [-0.2, -0.15) is 0 Å². The number of hydrogen-bond acceptors (Lipinski definition) is 4. The molecular formula is C16H25N3O3S. The van der Waals surface area contributed by atoms with Gasteiger partial charge in [0.1, 0.15) is 6.54 Å². The van der Waals surface area contributed by atoms with E-state index in [0.29, 0.717) is 5.69 Å². The van der Waals surface area contributed by atoms with Crippen molar-refractivity contribution in [2.24, 2.45) is 0 Å². The van der Waals surface area contributed by atoms with Crippen LogP contribution in [0, 0.1) is 0 Å². The van der Waals surface area contributed by atoms with Gasteiger partial charge >= 0.3 is 0 Å². The van der Waals surface area contributed by atoms with E-state index in [1.54, 1.807) is 12.1 Å². The summed E-state index contributed by atoms with van der Waals surface area (Å²) >= 11 is 0. The lowest BCUT2D eigenvalue weighted by atomic mass is 10.2.